The van der Waals surface area contributed by atoms with E-state index in [9.17, 15) is 8.78 Å². The molecule has 1 heterocycles. The van der Waals surface area contributed by atoms with E-state index in [2.05, 4.69) is 17.2 Å². The number of nitrogens with one attached hydrogen (secondary N) is 1. The highest BCUT2D eigenvalue weighted by Gasteiger charge is 2.17. The average Bonchev–Trinajstić information content (AvgIpc) is 2.89. The number of hydrogen-bond acceptors (Lipinski definition) is 4. The second-order valence-corrected chi connectivity index (χ2v) is 5.68. The Morgan fingerprint density at radius 3 is 2.75 bits per heavy atom. The van der Waals surface area contributed by atoms with Gasteiger partial charge in [-0.3, -0.25) is 0 Å². The van der Waals surface area contributed by atoms with Crippen LogP contribution in [0.5, 0.6) is 0 Å². The smallest absolute Gasteiger partial charge is 0.265 e. The van der Waals surface area contributed by atoms with E-state index in [4.69, 9.17) is 5.73 Å². The highest BCUT2D eigenvalue weighted by atomic mass is 32.1. The van der Waals surface area contributed by atoms with Crippen LogP contribution in [-0.2, 0) is 6.42 Å². The maximum atomic E-state index is 13.0. The third-order valence-corrected chi connectivity index (χ3v) is 4.30. The Bertz CT molecular complexity index is 584. The van der Waals surface area contributed by atoms with Gasteiger partial charge in [-0.1, -0.05) is 6.92 Å². The Balaban J connectivity index is 2.20. The van der Waals surface area contributed by atoms with Crippen molar-refractivity contribution >= 4 is 22.7 Å². The molecule has 6 heteroatoms. The molecule has 0 aliphatic carbocycles. The van der Waals surface area contributed by atoms with Gasteiger partial charge in [-0.15, -0.1) is 11.3 Å². The zero-order chi connectivity index (χ0) is 14.7. The van der Waals surface area contributed by atoms with E-state index in [0.717, 1.165) is 11.4 Å². The molecule has 1 aromatic carbocycles. The van der Waals surface area contributed by atoms with E-state index < -0.39 is 6.43 Å². The predicted molar refractivity (Wildman–Crippen MR) is 79.3 cm³/mol. The summed E-state index contributed by atoms with van der Waals surface area (Å²) in [4.78, 5) is 5.50. The number of halogens is 2. The second-order valence-electron chi connectivity index (χ2n) is 4.53. The first kappa shape index (κ1) is 14.7. The number of aromatic nitrogens is 1. The van der Waals surface area contributed by atoms with E-state index in [-0.39, 0.29) is 11.6 Å². The molecule has 20 heavy (non-hydrogen) atoms. The largest absolute Gasteiger partial charge is 0.399 e. The number of aryl methyl sites for hydroxylation is 1. The normalized spacial score (nSPS) is 12.7. The number of benzene rings is 1. The molecule has 0 saturated carbocycles. The highest BCUT2D eigenvalue weighted by molar-refractivity contribution is 7.11. The van der Waals surface area contributed by atoms with Crippen molar-refractivity contribution in [3.63, 3.8) is 0 Å². The van der Waals surface area contributed by atoms with E-state index in [1.807, 2.05) is 13.1 Å². The topological polar surface area (TPSA) is 50.9 Å². The van der Waals surface area contributed by atoms with Crippen LogP contribution in [0.1, 0.15) is 41.8 Å². The van der Waals surface area contributed by atoms with Crippen LogP contribution < -0.4 is 11.1 Å². The number of nitrogen functional groups attached to an aromatic ring is 1. The Kier molecular flexibility index (Phi) is 4.54. The molecule has 3 nitrogen and oxygen atoms in total. The van der Waals surface area contributed by atoms with Crippen molar-refractivity contribution < 1.29 is 8.78 Å². The molecule has 2 aromatic rings. The summed E-state index contributed by atoms with van der Waals surface area (Å²) in [5.41, 5.74) is 6.21. The molecule has 0 fully saturated rings. The van der Waals surface area contributed by atoms with Crippen LogP contribution in [0.25, 0.3) is 0 Å². The minimum Gasteiger partial charge on any atom is -0.399 e. The van der Waals surface area contributed by atoms with Gasteiger partial charge in [0.15, 0.2) is 0 Å². The molecular weight excluding hydrogens is 280 g/mol. The van der Waals surface area contributed by atoms with Gasteiger partial charge in [0.2, 0.25) is 0 Å². The second kappa shape index (κ2) is 6.17. The molecule has 0 bridgehead atoms. The van der Waals surface area contributed by atoms with Gasteiger partial charge in [-0.05, 0) is 31.5 Å². The first-order chi connectivity index (χ1) is 9.51. The molecule has 0 spiro atoms. The van der Waals surface area contributed by atoms with Crippen LogP contribution in [0.3, 0.4) is 0 Å². The van der Waals surface area contributed by atoms with E-state index >= 15 is 0 Å². The van der Waals surface area contributed by atoms with Crippen LogP contribution in [-0.4, -0.2) is 4.98 Å². The molecule has 0 amide bonds. The number of thiazole rings is 1. The fraction of sp³-hybridized carbons (Fsp3) is 0.357. The standard InChI is InChI=1S/C14H17F2N3S/c1-3-10-7-18-14(20-10)8(2)19-12-5-4-9(17)6-11(12)13(15)16/h4-8,13,19H,3,17H2,1-2H3. The number of nitrogens with zero attached hydrogens (tertiary/aromatic N) is 1. The summed E-state index contributed by atoms with van der Waals surface area (Å²) in [6, 6.07) is 4.38. The number of alkyl halides is 2. The maximum absolute atomic E-state index is 13.0. The number of hydrogen-bond donors (Lipinski definition) is 2. The van der Waals surface area contributed by atoms with Gasteiger partial charge in [-0.2, -0.15) is 0 Å². The summed E-state index contributed by atoms with van der Waals surface area (Å²) >= 11 is 1.59. The van der Waals surface area contributed by atoms with E-state index in [1.54, 1.807) is 23.5 Å². The van der Waals surface area contributed by atoms with Crippen molar-refractivity contribution in [3.8, 4) is 0 Å². The molecule has 1 aromatic heterocycles. The third kappa shape index (κ3) is 3.25. The molecule has 0 saturated heterocycles. The molecular formula is C14H17F2N3S. The lowest BCUT2D eigenvalue weighted by Crippen LogP contribution is -2.08. The summed E-state index contributed by atoms with van der Waals surface area (Å²) in [6.07, 6.45) is 0.194. The zero-order valence-corrected chi connectivity index (χ0v) is 12.2. The summed E-state index contributed by atoms with van der Waals surface area (Å²) < 4.78 is 26.0. The monoisotopic (exact) mass is 297 g/mol. The number of anilines is 2. The van der Waals surface area contributed by atoms with Gasteiger partial charge < -0.3 is 11.1 Å². The summed E-state index contributed by atoms with van der Waals surface area (Å²) in [6.45, 7) is 3.97. The Morgan fingerprint density at radius 1 is 1.40 bits per heavy atom. The lowest BCUT2D eigenvalue weighted by molar-refractivity contribution is 0.152. The van der Waals surface area contributed by atoms with Gasteiger partial charge in [-0.25, -0.2) is 13.8 Å². The van der Waals surface area contributed by atoms with Crippen LogP contribution >= 0.6 is 11.3 Å². The lowest BCUT2D eigenvalue weighted by Gasteiger charge is -2.16. The minimum absolute atomic E-state index is 0.0795. The fourth-order valence-electron chi connectivity index (χ4n) is 1.87. The predicted octanol–water partition coefficient (Wildman–Crippen LogP) is 4.40. The van der Waals surface area contributed by atoms with Crippen molar-refractivity contribution in [2.24, 2.45) is 0 Å². The van der Waals surface area contributed by atoms with Crippen molar-refractivity contribution in [3.05, 3.63) is 39.8 Å². The maximum Gasteiger partial charge on any atom is 0.265 e. The van der Waals surface area contributed by atoms with Gasteiger partial charge in [0.25, 0.3) is 6.43 Å². The molecule has 108 valence electrons. The molecule has 0 aliphatic heterocycles. The molecule has 0 radical (unpaired) electrons. The number of rotatable bonds is 5. The Labute approximate surface area is 120 Å². The van der Waals surface area contributed by atoms with Crippen LogP contribution in [0, 0.1) is 0 Å². The Morgan fingerprint density at radius 2 is 2.15 bits per heavy atom. The zero-order valence-electron chi connectivity index (χ0n) is 11.4. The summed E-state index contributed by atoms with van der Waals surface area (Å²) in [7, 11) is 0. The van der Waals surface area contributed by atoms with E-state index in [1.165, 1.54) is 10.9 Å². The summed E-state index contributed by atoms with van der Waals surface area (Å²) in [5, 5.41) is 3.97. The summed E-state index contributed by atoms with van der Waals surface area (Å²) in [5.74, 6) is 0. The molecule has 2 rings (SSSR count). The van der Waals surface area contributed by atoms with Crippen molar-refractivity contribution in [2.75, 3.05) is 11.1 Å². The van der Waals surface area contributed by atoms with Gasteiger partial charge in [0, 0.05) is 28.0 Å². The van der Waals surface area contributed by atoms with Crippen LogP contribution in [0.15, 0.2) is 24.4 Å². The van der Waals surface area contributed by atoms with Gasteiger partial charge >= 0.3 is 0 Å². The minimum atomic E-state index is -2.56. The average molecular weight is 297 g/mol. The van der Waals surface area contributed by atoms with Crippen molar-refractivity contribution in [2.45, 2.75) is 32.7 Å². The molecule has 0 aliphatic rings. The number of nitrogens with two attached hydrogens (primary N) is 1. The van der Waals surface area contributed by atoms with Crippen LogP contribution in [0.4, 0.5) is 20.2 Å². The van der Waals surface area contributed by atoms with Crippen molar-refractivity contribution in [1.82, 2.24) is 4.98 Å². The Hall–Kier alpha value is -1.69. The highest BCUT2D eigenvalue weighted by Crippen LogP contribution is 2.32. The SMILES string of the molecule is CCc1cnc(C(C)Nc2ccc(N)cc2C(F)F)s1. The molecule has 1 unspecified atom stereocenters. The third-order valence-electron chi connectivity index (χ3n) is 2.97. The van der Waals surface area contributed by atoms with Gasteiger partial charge in [0.05, 0.1) is 6.04 Å². The van der Waals surface area contributed by atoms with Gasteiger partial charge in [0.1, 0.15) is 5.01 Å². The van der Waals surface area contributed by atoms with Crippen LogP contribution in [0.2, 0.25) is 0 Å². The first-order valence-electron chi connectivity index (χ1n) is 6.40. The first-order valence-corrected chi connectivity index (χ1v) is 7.21. The molecule has 3 N–H and O–H groups in total. The van der Waals surface area contributed by atoms with E-state index in [0.29, 0.717) is 11.4 Å². The van der Waals surface area contributed by atoms with Crippen molar-refractivity contribution in [1.29, 1.82) is 0 Å². The lowest BCUT2D eigenvalue weighted by atomic mass is 10.1. The fourth-order valence-corrected chi connectivity index (χ4v) is 2.73. The molecule has 1 atom stereocenters. The quantitative estimate of drug-likeness (QED) is 0.804.